The van der Waals surface area contributed by atoms with Crippen molar-refractivity contribution < 1.29 is 58.6 Å². The van der Waals surface area contributed by atoms with Crippen LogP contribution in [0, 0.1) is 0 Å². The Morgan fingerprint density at radius 1 is 0.686 bits per heavy atom. The third kappa shape index (κ3) is 14.0. The molecule has 1 atom stereocenters. The highest BCUT2D eigenvalue weighted by Crippen LogP contribution is 2.30. The number of carboxylic acid groups (broad SMARTS) is 3. The number of hydrogen-bond acceptors (Lipinski definition) is 13. The second-order valence-electron chi connectivity index (χ2n) is 17.7. The Balaban J connectivity index is 1.18. The van der Waals surface area contributed by atoms with Gasteiger partial charge in [-0.05, 0) is 59.4 Å². The van der Waals surface area contributed by atoms with Crippen molar-refractivity contribution in [3.8, 4) is 5.75 Å². The van der Waals surface area contributed by atoms with Crippen LogP contribution in [0.15, 0.2) is 91.0 Å². The predicted molar refractivity (Wildman–Crippen MR) is 265 cm³/mol. The minimum absolute atomic E-state index is 0.00181. The summed E-state index contributed by atoms with van der Waals surface area (Å²) in [5.74, 6) is -2.85. The summed E-state index contributed by atoms with van der Waals surface area (Å²) in [7, 11) is 5.39. The molecule has 0 spiro atoms. The molecule has 2 amide bonds. The first-order valence-corrected chi connectivity index (χ1v) is 23.2. The first-order valence-electron chi connectivity index (χ1n) is 23.2. The van der Waals surface area contributed by atoms with Crippen molar-refractivity contribution >= 4 is 69.7 Å². The van der Waals surface area contributed by atoms with Crippen LogP contribution in [0.3, 0.4) is 0 Å². The molecule has 0 bridgehead atoms. The summed E-state index contributed by atoms with van der Waals surface area (Å²) in [6.07, 6.45) is 0.433. The van der Waals surface area contributed by atoms with Crippen molar-refractivity contribution in [3.05, 3.63) is 108 Å². The van der Waals surface area contributed by atoms with E-state index in [1.165, 1.54) is 0 Å². The normalized spacial score (nSPS) is 15.1. The summed E-state index contributed by atoms with van der Waals surface area (Å²) in [4.78, 5) is 74.0. The maximum absolute atomic E-state index is 14.3. The lowest BCUT2D eigenvalue weighted by Gasteiger charge is -2.33. The number of benzene rings is 4. The minimum Gasteiger partial charge on any atom is -0.497 e. The Morgan fingerprint density at radius 3 is 1.73 bits per heavy atom. The fourth-order valence-corrected chi connectivity index (χ4v) is 9.16. The number of pyridine rings is 1. The highest BCUT2D eigenvalue weighted by Gasteiger charge is 2.29. The quantitative estimate of drug-likeness (QED) is 0.0384. The number of nitrogens with one attached hydrogen (secondary N) is 1. The van der Waals surface area contributed by atoms with E-state index in [9.17, 15) is 49.3 Å². The van der Waals surface area contributed by atoms with Gasteiger partial charge in [-0.15, -0.1) is 0 Å². The summed E-state index contributed by atoms with van der Waals surface area (Å²) in [6.45, 7) is 2.09. The Labute approximate surface area is 407 Å². The van der Waals surface area contributed by atoms with Crippen LogP contribution in [0.5, 0.6) is 5.75 Å². The maximum Gasteiger partial charge on any atom is 0.488 e. The zero-order chi connectivity index (χ0) is 50.5. The van der Waals surface area contributed by atoms with Crippen LogP contribution in [0.1, 0.15) is 34.1 Å². The molecule has 0 radical (unpaired) electrons. The summed E-state index contributed by atoms with van der Waals surface area (Å²) in [5, 5.41) is 54.9. The molecule has 6 N–H and O–H groups in total. The molecular weight excluding hydrogens is 899 g/mol. The van der Waals surface area contributed by atoms with Crippen molar-refractivity contribution in [1.82, 2.24) is 29.8 Å². The van der Waals surface area contributed by atoms with Gasteiger partial charge in [-0.1, -0.05) is 48.5 Å². The molecule has 2 heterocycles. The van der Waals surface area contributed by atoms with Gasteiger partial charge in [0.25, 0.3) is 5.69 Å². The minimum atomic E-state index is -1.69. The predicted octanol–water partition coefficient (Wildman–Crippen LogP) is 0.937. The van der Waals surface area contributed by atoms with E-state index in [1.807, 2.05) is 107 Å². The molecule has 372 valence electrons. The van der Waals surface area contributed by atoms with Gasteiger partial charge in [0.1, 0.15) is 12.8 Å². The molecule has 19 nitrogen and oxygen atoms in total. The van der Waals surface area contributed by atoms with Gasteiger partial charge in [0.15, 0.2) is 0 Å². The van der Waals surface area contributed by atoms with E-state index in [1.54, 1.807) is 45.9 Å². The number of carbonyl (C=O) groups excluding carboxylic acids is 2. The van der Waals surface area contributed by atoms with Gasteiger partial charge >= 0.3 is 30.9 Å². The zero-order valence-electron chi connectivity index (χ0n) is 40.2. The molecule has 1 aromatic heterocycles. The monoisotopic (exact) mass is 963 g/mol. The smallest absolute Gasteiger partial charge is 0.488 e. The molecule has 1 aliphatic heterocycles. The fourth-order valence-electron chi connectivity index (χ4n) is 9.16. The number of aryl methyl sites for hydroxylation is 1. The molecule has 1 fully saturated rings. The number of ether oxygens (including phenoxy) is 1. The number of fused-ring (bicyclic) bond motifs is 3. The number of aromatic nitrogens is 1. The average molecular weight is 964 g/mol. The van der Waals surface area contributed by atoms with E-state index in [4.69, 9.17) is 4.74 Å². The van der Waals surface area contributed by atoms with Crippen molar-refractivity contribution in [2.24, 2.45) is 7.05 Å². The molecule has 1 aliphatic rings. The van der Waals surface area contributed by atoms with Crippen LogP contribution in [-0.4, -0.2) is 193 Å². The Bertz CT molecular complexity index is 2610. The second kappa shape index (κ2) is 24.7. The molecule has 20 heteroatoms. The van der Waals surface area contributed by atoms with E-state index < -0.39 is 25.0 Å². The summed E-state index contributed by atoms with van der Waals surface area (Å²) < 4.78 is 7.22. The fraction of sp³-hybridized carbons (Fsp3) is 0.400. The van der Waals surface area contributed by atoms with Crippen LogP contribution in [-0.2, 0) is 32.8 Å². The van der Waals surface area contributed by atoms with Gasteiger partial charge < -0.3 is 45.2 Å². The third-order valence-electron chi connectivity index (χ3n) is 12.9. The number of methoxy groups -OCH3 is 1. The summed E-state index contributed by atoms with van der Waals surface area (Å²) in [5.41, 5.74) is 4.07. The number of rotatable bonds is 19. The molecule has 1 unspecified atom stereocenters. The number of hydrogen-bond donors (Lipinski definition) is 6. The number of carboxylic acids is 3. The highest BCUT2D eigenvalue weighted by atomic mass is 16.5. The number of aliphatic carboxylic acids is 3. The first-order chi connectivity index (χ1) is 33.5. The number of anilines is 1. The van der Waals surface area contributed by atoms with Crippen molar-refractivity contribution in [1.29, 1.82) is 0 Å². The van der Waals surface area contributed by atoms with Gasteiger partial charge in [0.05, 0.1) is 50.1 Å². The molecular formula is C50H64BN8O11+. The molecule has 5 aromatic rings. The van der Waals surface area contributed by atoms with Crippen LogP contribution in [0.2, 0.25) is 0 Å². The summed E-state index contributed by atoms with van der Waals surface area (Å²) in [6, 6.07) is 27.9. The molecule has 70 heavy (non-hydrogen) atoms. The van der Waals surface area contributed by atoms with Crippen LogP contribution in [0.4, 0.5) is 5.69 Å². The lowest BCUT2D eigenvalue weighted by molar-refractivity contribution is -0.645. The molecule has 4 aromatic carbocycles. The van der Waals surface area contributed by atoms with Crippen molar-refractivity contribution in [2.75, 3.05) is 111 Å². The van der Waals surface area contributed by atoms with Gasteiger partial charge in [0.2, 0.25) is 11.4 Å². The van der Waals surface area contributed by atoms with Crippen LogP contribution < -0.4 is 25.0 Å². The number of carbonyl (C=O) groups is 5. The van der Waals surface area contributed by atoms with Crippen molar-refractivity contribution in [2.45, 2.75) is 19.0 Å². The largest absolute Gasteiger partial charge is 0.497 e. The number of amides is 2. The summed E-state index contributed by atoms with van der Waals surface area (Å²) >= 11 is 0. The van der Waals surface area contributed by atoms with E-state index in [2.05, 4.69) is 5.32 Å². The van der Waals surface area contributed by atoms with Gasteiger partial charge in [0, 0.05) is 96.7 Å². The van der Waals surface area contributed by atoms with Crippen LogP contribution >= 0.6 is 0 Å². The molecule has 0 saturated carbocycles. The first kappa shape index (κ1) is 52.7. The Kier molecular flexibility index (Phi) is 18.6. The van der Waals surface area contributed by atoms with Crippen molar-refractivity contribution in [3.63, 3.8) is 0 Å². The third-order valence-corrected chi connectivity index (χ3v) is 12.9. The standard InChI is InChI=1S/C50H63BN8O11/c1-53(45(60)31-56-21-23-57(32-46(61)62)25-27-59(34-48(65)66)28-26-58(24-22-56)33-47(63)64)30-35-13-18-43-41(29-35)38-9-5-6-10-39(38)49(55(43)3)50(67)52-20-19-44(40-11-7-8-12-42(40)51(68)69)54(2)36-14-16-37(70-4)17-15-36/h5-18,29,44,68-69H,19-28,30-34H2,1-4H3,(H3-,52,61,62,63,64,65,66,67)/p+1. The van der Waals surface area contributed by atoms with Gasteiger partial charge in [-0.2, -0.15) is 4.57 Å². The Morgan fingerprint density at radius 2 is 1.20 bits per heavy atom. The number of nitrogens with zero attached hydrogens (tertiary/aromatic N) is 7. The van der Waals surface area contributed by atoms with E-state index in [0.717, 1.165) is 32.9 Å². The van der Waals surface area contributed by atoms with Crippen LogP contribution in [0.25, 0.3) is 21.7 Å². The molecule has 1 saturated heterocycles. The second-order valence-corrected chi connectivity index (χ2v) is 17.7. The zero-order valence-corrected chi connectivity index (χ0v) is 40.2. The average Bonchev–Trinajstić information content (AvgIpc) is 3.33. The highest BCUT2D eigenvalue weighted by molar-refractivity contribution is 6.59. The maximum atomic E-state index is 14.3. The topological polar surface area (TPSA) is 231 Å². The van der Waals surface area contributed by atoms with E-state index in [0.29, 0.717) is 55.1 Å². The number of likely N-dealkylation sites (N-methyl/N-ethyl adjacent to an activating group) is 1. The van der Waals surface area contributed by atoms with Gasteiger partial charge in [-0.25, -0.2) is 0 Å². The lowest BCUT2D eigenvalue weighted by atomic mass is 9.74. The lowest BCUT2D eigenvalue weighted by Crippen LogP contribution is -2.49. The molecule has 0 aliphatic carbocycles. The van der Waals surface area contributed by atoms with E-state index >= 15 is 0 Å². The van der Waals surface area contributed by atoms with Gasteiger partial charge in [-0.3, -0.25) is 43.6 Å². The van der Waals surface area contributed by atoms with E-state index in [-0.39, 0.29) is 83.3 Å². The Hall–Kier alpha value is -6.68. The molecule has 6 rings (SSSR count). The SMILES string of the molecule is COc1ccc(N(C)C(CCNC(=O)c2c3ccccc3c3cc(CN(C)C(=O)CN4CCN(CC(=O)O)CCN(CC(=O)O)CCN(CC(=O)O)CC4)ccc3[n+]2C)c2ccccc2B(O)O)cc1.